The maximum atomic E-state index is 14.2. The van der Waals surface area contributed by atoms with Crippen molar-refractivity contribution in [2.24, 2.45) is 0 Å². The van der Waals surface area contributed by atoms with Crippen LogP contribution >= 0.6 is 0 Å². The number of aryl methyl sites for hydroxylation is 1. The molecule has 0 aliphatic rings. The van der Waals surface area contributed by atoms with Gasteiger partial charge in [-0.2, -0.15) is 4.39 Å². The van der Waals surface area contributed by atoms with Gasteiger partial charge in [0.2, 0.25) is 5.82 Å². The summed E-state index contributed by atoms with van der Waals surface area (Å²) >= 11 is 0. The van der Waals surface area contributed by atoms with Crippen molar-refractivity contribution in [3.8, 4) is 16.9 Å². The molecule has 0 unspecified atom stereocenters. The lowest BCUT2D eigenvalue weighted by Crippen LogP contribution is -2.10. The van der Waals surface area contributed by atoms with Gasteiger partial charge in [-0.15, -0.1) is 0 Å². The Morgan fingerprint density at radius 3 is 2.06 bits per heavy atom. The van der Waals surface area contributed by atoms with Crippen molar-refractivity contribution in [2.45, 2.75) is 52.1 Å². The minimum Gasteiger partial charge on any atom is -0.420 e. The molecule has 3 rings (SSSR count). The summed E-state index contributed by atoms with van der Waals surface area (Å²) in [5, 5.41) is 0. The predicted octanol–water partition coefficient (Wildman–Crippen LogP) is 7.51. The predicted molar refractivity (Wildman–Crippen MR) is 126 cm³/mol. The molecule has 0 saturated carbocycles. The Hall–Kier alpha value is -3.05. The molecule has 174 valence electrons. The molecule has 3 aromatic carbocycles. The smallest absolute Gasteiger partial charge is 0.343 e. The first-order valence-electron chi connectivity index (χ1n) is 11.4. The van der Waals surface area contributed by atoms with Gasteiger partial charge in [-0.3, -0.25) is 0 Å². The second kappa shape index (κ2) is 12.3. The van der Waals surface area contributed by atoms with Crippen molar-refractivity contribution >= 4 is 5.97 Å². The molecule has 0 atom stereocenters. The van der Waals surface area contributed by atoms with Crippen LogP contribution in [0.4, 0.5) is 8.78 Å². The summed E-state index contributed by atoms with van der Waals surface area (Å²) in [5.74, 6) is -3.49. The van der Waals surface area contributed by atoms with Crippen LogP contribution in [-0.2, 0) is 17.8 Å². The third kappa shape index (κ3) is 6.72. The standard InChI is InChI=1S/C28H30F2O3/c1-3-4-5-6-7-8-20-9-11-21(12-10-20)22-13-15-23(16-14-22)28(31)33-25-18-17-24(19-32-2)26(29)27(25)30/h9-18H,3-8,19H2,1-2H3. The summed E-state index contributed by atoms with van der Waals surface area (Å²) in [4.78, 5) is 12.4. The molecule has 0 radical (unpaired) electrons. The van der Waals surface area contributed by atoms with Gasteiger partial charge in [-0.25, -0.2) is 9.18 Å². The number of hydrogen-bond acceptors (Lipinski definition) is 3. The molecule has 0 aromatic heterocycles. The number of esters is 1. The van der Waals surface area contributed by atoms with Crippen molar-refractivity contribution in [3.05, 3.63) is 89.0 Å². The minimum absolute atomic E-state index is 0.0571. The number of hydrogen-bond donors (Lipinski definition) is 0. The first-order valence-corrected chi connectivity index (χ1v) is 11.4. The van der Waals surface area contributed by atoms with Gasteiger partial charge >= 0.3 is 5.97 Å². The molecule has 5 heteroatoms. The normalized spacial score (nSPS) is 10.9. The van der Waals surface area contributed by atoms with Gasteiger partial charge in [-0.1, -0.05) is 69.0 Å². The van der Waals surface area contributed by atoms with Crippen molar-refractivity contribution in [1.82, 2.24) is 0 Å². The number of carbonyl (C=O) groups excluding carboxylic acids is 1. The van der Waals surface area contributed by atoms with Crippen molar-refractivity contribution in [2.75, 3.05) is 7.11 Å². The summed E-state index contributed by atoms with van der Waals surface area (Å²) in [6.07, 6.45) is 7.40. The van der Waals surface area contributed by atoms with E-state index in [0.717, 1.165) is 17.5 Å². The highest BCUT2D eigenvalue weighted by Crippen LogP contribution is 2.25. The van der Waals surface area contributed by atoms with Crippen LogP contribution in [0.5, 0.6) is 5.75 Å². The highest BCUT2D eigenvalue weighted by Gasteiger charge is 2.18. The molecule has 3 aromatic rings. The van der Waals surface area contributed by atoms with E-state index in [-0.39, 0.29) is 17.7 Å². The fourth-order valence-corrected chi connectivity index (χ4v) is 3.67. The summed E-state index contributed by atoms with van der Waals surface area (Å²) in [5.41, 5.74) is 3.64. The topological polar surface area (TPSA) is 35.5 Å². The number of benzene rings is 3. The van der Waals surface area contributed by atoms with Gasteiger partial charge < -0.3 is 9.47 Å². The third-order valence-corrected chi connectivity index (χ3v) is 5.61. The zero-order valence-electron chi connectivity index (χ0n) is 19.2. The van der Waals surface area contributed by atoms with E-state index in [9.17, 15) is 13.6 Å². The Kier molecular flexibility index (Phi) is 9.14. The number of methoxy groups -OCH3 is 1. The lowest BCUT2D eigenvalue weighted by molar-refractivity contribution is 0.0726. The van der Waals surface area contributed by atoms with Gasteiger partial charge in [0.25, 0.3) is 0 Å². The molecule has 0 N–H and O–H groups in total. The molecule has 0 saturated heterocycles. The van der Waals surface area contributed by atoms with Crippen molar-refractivity contribution in [1.29, 1.82) is 0 Å². The largest absolute Gasteiger partial charge is 0.420 e. The molecule has 0 bridgehead atoms. The van der Waals surface area contributed by atoms with Crippen LogP contribution in [-0.4, -0.2) is 13.1 Å². The molecular formula is C28H30F2O3. The molecular weight excluding hydrogens is 422 g/mol. The van der Waals surface area contributed by atoms with E-state index in [4.69, 9.17) is 9.47 Å². The van der Waals surface area contributed by atoms with Crippen LogP contribution in [0.1, 0.15) is 60.5 Å². The summed E-state index contributed by atoms with van der Waals surface area (Å²) in [6.45, 7) is 2.15. The zero-order chi connectivity index (χ0) is 23.6. The summed E-state index contributed by atoms with van der Waals surface area (Å²) < 4.78 is 38.1. The maximum absolute atomic E-state index is 14.2. The molecule has 0 aliphatic heterocycles. The average Bonchev–Trinajstić information content (AvgIpc) is 2.84. The van der Waals surface area contributed by atoms with E-state index in [0.29, 0.717) is 0 Å². The average molecular weight is 453 g/mol. The number of unbranched alkanes of at least 4 members (excludes halogenated alkanes) is 4. The Morgan fingerprint density at radius 2 is 1.42 bits per heavy atom. The van der Waals surface area contributed by atoms with Gasteiger partial charge in [0.15, 0.2) is 11.6 Å². The van der Waals surface area contributed by atoms with Crippen LogP contribution in [0.15, 0.2) is 60.7 Å². The van der Waals surface area contributed by atoms with Crippen LogP contribution in [0.3, 0.4) is 0 Å². The fourth-order valence-electron chi connectivity index (χ4n) is 3.67. The van der Waals surface area contributed by atoms with Gasteiger partial charge in [0.05, 0.1) is 12.2 Å². The minimum atomic E-state index is -1.21. The van der Waals surface area contributed by atoms with E-state index in [1.165, 1.54) is 56.9 Å². The number of carbonyl (C=O) groups is 1. The first kappa shape index (κ1) is 24.6. The molecule has 0 heterocycles. The van der Waals surface area contributed by atoms with Gasteiger partial charge in [0.1, 0.15) is 0 Å². The van der Waals surface area contributed by atoms with E-state index in [1.54, 1.807) is 12.1 Å². The van der Waals surface area contributed by atoms with Gasteiger partial charge in [0, 0.05) is 12.7 Å². The van der Waals surface area contributed by atoms with Crippen LogP contribution < -0.4 is 4.74 Å². The zero-order valence-corrected chi connectivity index (χ0v) is 19.2. The number of ether oxygens (including phenoxy) is 2. The second-order valence-electron chi connectivity index (χ2n) is 8.11. The summed E-state index contributed by atoms with van der Waals surface area (Å²) in [7, 11) is 1.39. The number of rotatable bonds is 11. The van der Waals surface area contributed by atoms with Crippen LogP contribution in [0.25, 0.3) is 11.1 Å². The fraction of sp³-hybridized carbons (Fsp3) is 0.321. The van der Waals surface area contributed by atoms with Crippen LogP contribution in [0.2, 0.25) is 0 Å². The Bertz CT molecular complexity index is 1040. The quantitative estimate of drug-likeness (QED) is 0.172. The maximum Gasteiger partial charge on any atom is 0.343 e. The highest BCUT2D eigenvalue weighted by atomic mass is 19.2. The molecule has 3 nitrogen and oxygen atoms in total. The van der Waals surface area contributed by atoms with E-state index >= 15 is 0 Å². The van der Waals surface area contributed by atoms with Crippen LogP contribution in [0, 0.1) is 11.6 Å². The summed E-state index contributed by atoms with van der Waals surface area (Å²) in [6, 6.07) is 17.9. The Labute approximate surface area is 194 Å². The molecule has 0 aliphatic carbocycles. The van der Waals surface area contributed by atoms with Crippen molar-refractivity contribution < 1.29 is 23.0 Å². The van der Waals surface area contributed by atoms with Crippen molar-refractivity contribution in [3.63, 3.8) is 0 Å². The lowest BCUT2D eigenvalue weighted by Gasteiger charge is -2.09. The number of halogens is 2. The highest BCUT2D eigenvalue weighted by molar-refractivity contribution is 5.91. The molecule has 0 amide bonds. The third-order valence-electron chi connectivity index (χ3n) is 5.61. The Morgan fingerprint density at radius 1 is 0.788 bits per heavy atom. The lowest BCUT2D eigenvalue weighted by atomic mass is 10.00. The second-order valence-corrected chi connectivity index (χ2v) is 8.11. The SMILES string of the molecule is CCCCCCCc1ccc(-c2ccc(C(=O)Oc3ccc(COC)c(F)c3F)cc2)cc1. The van der Waals surface area contributed by atoms with E-state index < -0.39 is 23.4 Å². The first-order chi connectivity index (χ1) is 16.0. The monoisotopic (exact) mass is 452 g/mol. The molecule has 0 spiro atoms. The molecule has 33 heavy (non-hydrogen) atoms. The van der Waals surface area contributed by atoms with E-state index in [1.807, 2.05) is 12.1 Å². The molecule has 0 fully saturated rings. The Balaban J connectivity index is 1.61. The van der Waals surface area contributed by atoms with E-state index in [2.05, 4.69) is 31.2 Å². The van der Waals surface area contributed by atoms with Gasteiger partial charge in [-0.05, 0) is 53.8 Å².